The topological polar surface area (TPSA) is 58.4 Å². The number of benzene rings is 1. The molecule has 5 heteroatoms. The van der Waals surface area contributed by atoms with Crippen LogP contribution in [-0.4, -0.2) is 29.4 Å². The van der Waals surface area contributed by atoms with E-state index < -0.39 is 0 Å². The number of rotatable bonds is 5. The first-order chi connectivity index (χ1) is 10.0. The summed E-state index contributed by atoms with van der Waals surface area (Å²) >= 11 is 5.85. The first kappa shape index (κ1) is 16.1. The molecule has 21 heavy (non-hydrogen) atoms. The van der Waals surface area contributed by atoms with Crippen LogP contribution in [0.3, 0.4) is 0 Å². The Morgan fingerprint density at radius 3 is 2.90 bits per heavy atom. The predicted octanol–water partition coefficient (Wildman–Crippen LogP) is 3.51. The maximum Gasteiger partial charge on any atom is 0.225 e. The molecule has 1 aromatic carbocycles. The Kier molecular flexibility index (Phi) is 5.48. The summed E-state index contributed by atoms with van der Waals surface area (Å²) in [6, 6.07) is 6.30. The highest BCUT2D eigenvalue weighted by atomic mass is 35.5. The van der Waals surface area contributed by atoms with E-state index >= 15 is 0 Å². The molecule has 1 heterocycles. The fraction of sp³-hybridized carbons (Fsp3) is 0.562. The van der Waals surface area contributed by atoms with Crippen LogP contribution in [0.4, 0.5) is 11.4 Å². The van der Waals surface area contributed by atoms with E-state index in [9.17, 15) is 4.79 Å². The molecule has 2 rings (SSSR count). The van der Waals surface area contributed by atoms with E-state index in [1.165, 1.54) is 12.8 Å². The van der Waals surface area contributed by atoms with Gasteiger partial charge in [-0.25, -0.2) is 0 Å². The zero-order valence-corrected chi connectivity index (χ0v) is 13.5. The number of nitrogens with two attached hydrogens (primary N) is 1. The van der Waals surface area contributed by atoms with Crippen molar-refractivity contribution in [2.75, 3.05) is 17.6 Å². The minimum atomic E-state index is -0.00187. The highest BCUT2D eigenvalue weighted by Gasteiger charge is 2.29. The third-order valence-electron chi connectivity index (χ3n) is 4.31. The van der Waals surface area contributed by atoms with Gasteiger partial charge in [-0.15, -0.1) is 0 Å². The van der Waals surface area contributed by atoms with Gasteiger partial charge < -0.3 is 11.1 Å². The van der Waals surface area contributed by atoms with Crippen molar-refractivity contribution in [3.8, 4) is 0 Å². The van der Waals surface area contributed by atoms with Crippen LogP contribution < -0.4 is 11.1 Å². The first-order valence-corrected chi connectivity index (χ1v) is 7.99. The van der Waals surface area contributed by atoms with Crippen molar-refractivity contribution in [1.29, 1.82) is 0 Å². The minimum absolute atomic E-state index is 0.00187. The van der Waals surface area contributed by atoms with Crippen LogP contribution in [0, 0.1) is 0 Å². The van der Waals surface area contributed by atoms with Gasteiger partial charge in [0.05, 0.1) is 11.4 Å². The average molecular weight is 310 g/mol. The third kappa shape index (κ3) is 4.11. The fourth-order valence-corrected chi connectivity index (χ4v) is 3.24. The molecular formula is C16H24ClN3O. The normalized spacial score (nSPS) is 22.4. The molecule has 1 aliphatic heterocycles. The molecule has 0 bridgehead atoms. The molecule has 0 saturated carbocycles. The lowest BCUT2D eigenvalue weighted by Gasteiger charge is -2.27. The lowest BCUT2D eigenvalue weighted by atomic mass is 10.1. The highest BCUT2D eigenvalue weighted by Crippen LogP contribution is 2.26. The van der Waals surface area contributed by atoms with E-state index in [1.807, 2.05) is 0 Å². The number of nitrogens with one attached hydrogen (secondary N) is 1. The molecule has 3 N–H and O–H groups in total. The average Bonchev–Trinajstić information content (AvgIpc) is 2.80. The Balaban J connectivity index is 1.87. The van der Waals surface area contributed by atoms with Gasteiger partial charge in [-0.2, -0.15) is 0 Å². The second-order valence-electron chi connectivity index (χ2n) is 5.76. The molecule has 116 valence electrons. The lowest BCUT2D eigenvalue weighted by molar-refractivity contribution is -0.116. The van der Waals surface area contributed by atoms with E-state index in [0.717, 1.165) is 13.0 Å². The van der Waals surface area contributed by atoms with Gasteiger partial charge in [-0.3, -0.25) is 9.69 Å². The zero-order valence-electron chi connectivity index (χ0n) is 12.7. The Morgan fingerprint density at radius 2 is 2.24 bits per heavy atom. The van der Waals surface area contributed by atoms with Crippen molar-refractivity contribution >= 4 is 28.9 Å². The van der Waals surface area contributed by atoms with Crippen molar-refractivity contribution in [3.63, 3.8) is 0 Å². The summed E-state index contributed by atoms with van der Waals surface area (Å²) in [5, 5.41) is 3.43. The molecule has 1 fully saturated rings. The van der Waals surface area contributed by atoms with E-state index in [0.29, 0.717) is 34.9 Å². The third-order valence-corrected chi connectivity index (χ3v) is 4.54. The van der Waals surface area contributed by atoms with Crippen LogP contribution in [-0.2, 0) is 4.79 Å². The monoisotopic (exact) mass is 309 g/mol. The molecule has 0 radical (unpaired) electrons. The number of hydrogen-bond donors (Lipinski definition) is 2. The number of hydrogen-bond acceptors (Lipinski definition) is 3. The fourth-order valence-electron chi connectivity index (χ4n) is 3.06. The van der Waals surface area contributed by atoms with Gasteiger partial charge in [0.25, 0.3) is 0 Å². The van der Waals surface area contributed by atoms with Gasteiger partial charge in [-0.05, 0) is 44.4 Å². The number of carbonyl (C=O) groups excluding carboxylic acids is 1. The van der Waals surface area contributed by atoms with Gasteiger partial charge in [0.15, 0.2) is 0 Å². The molecule has 0 aromatic heterocycles. The van der Waals surface area contributed by atoms with E-state index in [1.54, 1.807) is 18.2 Å². The van der Waals surface area contributed by atoms with E-state index in [-0.39, 0.29) is 5.91 Å². The molecular weight excluding hydrogens is 286 g/mol. The predicted molar refractivity (Wildman–Crippen MR) is 88.6 cm³/mol. The van der Waals surface area contributed by atoms with Gasteiger partial charge in [0.2, 0.25) is 5.91 Å². The Labute approximate surface area is 131 Å². The van der Waals surface area contributed by atoms with Gasteiger partial charge in [-0.1, -0.05) is 18.5 Å². The highest BCUT2D eigenvalue weighted by molar-refractivity contribution is 6.31. The molecule has 1 aliphatic rings. The van der Waals surface area contributed by atoms with Crippen molar-refractivity contribution in [1.82, 2.24) is 4.90 Å². The summed E-state index contributed by atoms with van der Waals surface area (Å²) in [5.41, 5.74) is 6.97. The molecule has 1 amide bonds. The summed E-state index contributed by atoms with van der Waals surface area (Å²) in [7, 11) is 0. The summed E-state index contributed by atoms with van der Waals surface area (Å²) in [6.07, 6.45) is 4.10. The van der Waals surface area contributed by atoms with Crippen molar-refractivity contribution in [3.05, 3.63) is 23.2 Å². The Bertz CT molecular complexity index is 506. The van der Waals surface area contributed by atoms with Crippen LogP contribution in [0.1, 0.15) is 39.5 Å². The molecule has 4 nitrogen and oxygen atoms in total. The molecule has 1 saturated heterocycles. The Morgan fingerprint density at radius 1 is 1.48 bits per heavy atom. The molecule has 0 aliphatic carbocycles. The summed E-state index contributed by atoms with van der Waals surface area (Å²) in [4.78, 5) is 14.5. The van der Waals surface area contributed by atoms with Gasteiger partial charge >= 0.3 is 0 Å². The van der Waals surface area contributed by atoms with E-state index in [2.05, 4.69) is 24.1 Å². The van der Waals surface area contributed by atoms with E-state index in [4.69, 9.17) is 17.3 Å². The van der Waals surface area contributed by atoms with Gasteiger partial charge in [0, 0.05) is 30.1 Å². The van der Waals surface area contributed by atoms with Crippen LogP contribution in [0.2, 0.25) is 5.02 Å². The first-order valence-electron chi connectivity index (χ1n) is 7.62. The summed E-state index contributed by atoms with van der Waals surface area (Å²) in [6.45, 7) is 5.26. The quantitative estimate of drug-likeness (QED) is 0.818. The number of nitrogens with zero attached hydrogens (tertiary/aromatic N) is 1. The van der Waals surface area contributed by atoms with Crippen LogP contribution in [0.25, 0.3) is 0 Å². The molecule has 0 spiro atoms. The second-order valence-corrected chi connectivity index (χ2v) is 6.19. The number of halogens is 1. The molecule has 2 atom stereocenters. The van der Waals surface area contributed by atoms with Crippen LogP contribution in [0.5, 0.6) is 0 Å². The zero-order chi connectivity index (χ0) is 15.4. The van der Waals surface area contributed by atoms with Crippen LogP contribution in [0.15, 0.2) is 18.2 Å². The maximum absolute atomic E-state index is 12.1. The van der Waals surface area contributed by atoms with Crippen molar-refractivity contribution in [2.24, 2.45) is 0 Å². The number of nitrogen functional groups attached to an aromatic ring is 1. The smallest absolute Gasteiger partial charge is 0.225 e. The van der Waals surface area contributed by atoms with Crippen molar-refractivity contribution < 1.29 is 4.79 Å². The minimum Gasteiger partial charge on any atom is -0.397 e. The maximum atomic E-state index is 12.1. The number of amides is 1. The second kappa shape index (κ2) is 7.14. The van der Waals surface area contributed by atoms with Crippen LogP contribution >= 0.6 is 11.6 Å². The molecule has 1 aromatic rings. The van der Waals surface area contributed by atoms with Gasteiger partial charge in [0.1, 0.15) is 0 Å². The summed E-state index contributed by atoms with van der Waals surface area (Å²) in [5.74, 6) is -0.00187. The number of carbonyl (C=O) groups is 1. The largest absolute Gasteiger partial charge is 0.397 e. The standard InChI is InChI=1S/C16H24ClN3O/c1-3-13-6-4-11(2)20(13)9-8-16(21)19-15-7-5-12(17)10-14(15)18/h5,7,10-11,13H,3-4,6,8-9,18H2,1-2H3,(H,19,21). The number of likely N-dealkylation sites (tertiary alicyclic amines) is 1. The molecule has 2 unspecified atom stereocenters. The summed E-state index contributed by atoms with van der Waals surface area (Å²) < 4.78 is 0. The lowest BCUT2D eigenvalue weighted by Crippen LogP contribution is -2.36. The Hall–Kier alpha value is -1.26. The SMILES string of the molecule is CCC1CCC(C)N1CCC(=O)Nc1ccc(Cl)cc1N. The van der Waals surface area contributed by atoms with Crippen molar-refractivity contribution in [2.45, 2.75) is 51.6 Å². The number of anilines is 2.